The smallest absolute Gasteiger partial charge is 0.331 e. The molecule has 4 amide bonds. The fraction of sp³-hybridized carbons (Fsp3) is 0.182. The average molecular weight is 451 g/mol. The van der Waals surface area contributed by atoms with Crippen LogP contribution in [0.3, 0.4) is 0 Å². The van der Waals surface area contributed by atoms with Crippen molar-refractivity contribution >= 4 is 56.5 Å². The van der Waals surface area contributed by atoms with Crippen LogP contribution >= 0.6 is 11.3 Å². The summed E-state index contributed by atoms with van der Waals surface area (Å²) in [6.45, 7) is 4.42. The van der Waals surface area contributed by atoms with E-state index in [9.17, 15) is 18.8 Å². The van der Waals surface area contributed by atoms with Gasteiger partial charge in [-0.05, 0) is 30.7 Å². The molecule has 3 aromatic rings. The zero-order chi connectivity index (χ0) is 22.4. The van der Waals surface area contributed by atoms with Crippen molar-refractivity contribution in [3.63, 3.8) is 0 Å². The number of likely N-dealkylation sites (tertiary alicyclic amines) is 1. The maximum atomic E-state index is 14.4. The van der Waals surface area contributed by atoms with Crippen molar-refractivity contribution in [1.29, 1.82) is 0 Å². The number of hydrogen-bond donors (Lipinski definition) is 2. The van der Waals surface area contributed by atoms with Gasteiger partial charge in [0.25, 0.3) is 5.91 Å². The van der Waals surface area contributed by atoms with E-state index in [4.69, 9.17) is 0 Å². The monoisotopic (exact) mass is 451 g/mol. The molecule has 0 aliphatic carbocycles. The summed E-state index contributed by atoms with van der Waals surface area (Å²) < 4.78 is 14.4. The zero-order valence-corrected chi connectivity index (χ0v) is 17.6. The average Bonchev–Trinajstić information content (AvgIpc) is 3.40. The largest absolute Gasteiger partial charge is 0.347 e. The molecule has 1 saturated heterocycles. The fourth-order valence-corrected chi connectivity index (χ4v) is 5.10. The van der Waals surface area contributed by atoms with E-state index < -0.39 is 11.8 Å². The van der Waals surface area contributed by atoms with Crippen LogP contribution in [0.15, 0.2) is 49.2 Å². The number of carbonyl (C=O) groups excluding carboxylic acids is 3. The number of nitrogens with one attached hydrogen (secondary N) is 2. The third-order valence-corrected chi connectivity index (χ3v) is 6.65. The van der Waals surface area contributed by atoms with Crippen LogP contribution < -0.4 is 15.5 Å². The van der Waals surface area contributed by atoms with Gasteiger partial charge in [0, 0.05) is 25.3 Å². The summed E-state index contributed by atoms with van der Waals surface area (Å²) in [7, 11) is 0. The molecule has 0 radical (unpaired) electrons. The molecule has 162 valence electrons. The van der Waals surface area contributed by atoms with Crippen molar-refractivity contribution < 1.29 is 18.8 Å². The third kappa shape index (κ3) is 3.19. The molecular weight excluding hydrogens is 433 g/mol. The van der Waals surface area contributed by atoms with Gasteiger partial charge in [0.15, 0.2) is 0 Å². The molecule has 10 heteroatoms. The predicted molar refractivity (Wildman–Crippen MR) is 120 cm³/mol. The van der Waals surface area contributed by atoms with Gasteiger partial charge in [-0.25, -0.2) is 14.2 Å². The number of para-hydroxylation sites is 1. The zero-order valence-electron chi connectivity index (χ0n) is 16.8. The highest BCUT2D eigenvalue weighted by molar-refractivity contribution is 7.21. The van der Waals surface area contributed by atoms with Crippen LogP contribution in [-0.2, 0) is 4.79 Å². The molecule has 32 heavy (non-hydrogen) atoms. The van der Waals surface area contributed by atoms with Crippen molar-refractivity contribution in [2.75, 3.05) is 23.3 Å². The summed E-state index contributed by atoms with van der Waals surface area (Å²) in [6.07, 6.45) is 3.41. The Morgan fingerprint density at radius 3 is 2.88 bits per heavy atom. The molecule has 1 aromatic carbocycles. The molecule has 2 aromatic heterocycles. The van der Waals surface area contributed by atoms with Gasteiger partial charge < -0.3 is 15.5 Å². The molecule has 1 fully saturated rings. The van der Waals surface area contributed by atoms with E-state index in [1.165, 1.54) is 29.3 Å². The Bertz CT molecular complexity index is 1290. The van der Waals surface area contributed by atoms with Gasteiger partial charge in [0.1, 0.15) is 15.5 Å². The first-order chi connectivity index (χ1) is 15.5. The maximum Gasteiger partial charge on any atom is 0.331 e. The molecule has 2 aliphatic rings. The summed E-state index contributed by atoms with van der Waals surface area (Å²) in [5, 5.41) is 6.27. The van der Waals surface area contributed by atoms with Crippen LogP contribution in [0.5, 0.6) is 0 Å². The lowest BCUT2D eigenvalue weighted by atomic mass is 10.1. The molecule has 4 heterocycles. The van der Waals surface area contributed by atoms with Crippen molar-refractivity contribution in [2.24, 2.45) is 0 Å². The fourth-order valence-electron chi connectivity index (χ4n) is 4.07. The van der Waals surface area contributed by atoms with Crippen molar-refractivity contribution in [2.45, 2.75) is 12.5 Å². The number of aromatic nitrogens is 1. The standard InChI is InChI=1S/C22H18FN5O3S/c1-2-16(29)27-10-8-12(11-27)25-20(30)19-18-17-15(7-9-24-21(17)32-19)28(22(31)26-18)14-6-4-3-5-13(14)23/h2-7,9,12H,1,8,10-11H2,(H,25,30)(H,26,31)/t12-/m1/s1. The normalized spacial score (nSPS) is 17.4. The number of urea groups is 1. The van der Waals surface area contributed by atoms with Gasteiger partial charge in [-0.2, -0.15) is 0 Å². The Balaban J connectivity index is 1.49. The minimum Gasteiger partial charge on any atom is -0.347 e. The van der Waals surface area contributed by atoms with Gasteiger partial charge >= 0.3 is 6.03 Å². The lowest BCUT2D eigenvalue weighted by molar-refractivity contribution is -0.125. The first-order valence-electron chi connectivity index (χ1n) is 9.97. The highest BCUT2D eigenvalue weighted by Gasteiger charge is 2.34. The molecule has 0 unspecified atom stereocenters. The molecule has 5 rings (SSSR count). The molecule has 0 saturated carbocycles. The van der Waals surface area contributed by atoms with Gasteiger partial charge in [-0.3, -0.25) is 14.5 Å². The Hall–Kier alpha value is -3.79. The van der Waals surface area contributed by atoms with Gasteiger partial charge in [0.05, 0.1) is 22.4 Å². The van der Waals surface area contributed by atoms with E-state index in [0.717, 1.165) is 11.3 Å². The number of pyridine rings is 1. The molecule has 0 bridgehead atoms. The first kappa shape index (κ1) is 20.1. The van der Waals surface area contributed by atoms with E-state index >= 15 is 0 Å². The summed E-state index contributed by atoms with van der Waals surface area (Å²) in [4.78, 5) is 45.9. The quantitative estimate of drug-likeness (QED) is 0.592. The molecule has 2 N–H and O–H groups in total. The molecule has 8 nitrogen and oxygen atoms in total. The minimum atomic E-state index is -0.564. The summed E-state index contributed by atoms with van der Waals surface area (Å²) >= 11 is 1.15. The minimum absolute atomic E-state index is 0.110. The highest BCUT2D eigenvalue weighted by Crippen LogP contribution is 2.46. The summed E-state index contributed by atoms with van der Waals surface area (Å²) in [5.74, 6) is -1.07. The van der Waals surface area contributed by atoms with Gasteiger partial charge in [0.2, 0.25) is 5.91 Å². The van der Waals surface area contributed by atoms with E-state index in [1.54, 1.807) is 23.1 Å². The van der Waals surface area contributed by atoms with E-state index in [1.807, 2.05) is 0 Å². The van der Waals surface area contributed by atoms with Crippen LogP contribution in [0, 0.1) is 5.82 Å². The number of benzene rings is 1. The van der Waals surface area contributed by atoms with Crippen LogP contribution in [0.2, 0.25) is 0 Å². The molecule has 1 atom stereocenters. The van der Waals surface area contributed by atoms with Crippen molar-refractivity contribution in [1.82, 2.24) is 15.2 Å². The Morgan fingerprint density at radius 2 is 2.09 bits per heavy atom. The lowest BCUT2D eigenvalue weighted by Gasteiger charge is -2.28. The van der Waals surface area contributed by atoms with Crippen molar-refractivity contribution in [3.8, 4) is 0 Å². The second kappa shape index (κ2) is 7.72. The second-order valence-electron chi connectivity index (χ2n) is 7.48. The van der Waals surface area contributed by atoms with Crippen LogP contribution in [0.1, 0.15) is 16.1 Å². The number of anilines is 3. The number of hydrogen-bond acceptors (Lipinski definition) is 5. The van der Waals surface area contributed by atoms with E-state index in [0.29, 0.717) is 46.0 Å². The Labute approximate surface area is 186 Å². The number of nitrogens with zero attached hydrogens (tertiary/aromatic N) is 3. The Kier molecular flexibility index (Phi) is 4.86. The van der Waals surface area contributed by atoms with Crippen molar-refractivity contribution in [3.05, 3.63) is 59.9 Å². The summed E-state index contributed by atoms with van der Waals surface area (Å²) in [5.41, 5.74) is 0.927. The van der Waals surface area contributed by atoms with Gasteiger partial charge in [-0.1, -0.05) is 18.7 Å². The van der Waals surface area contributed by atoms with E-state index in [2.05, 4.69) is 22.2 Å². The van der Waals surface area contributed by atoms with Crippen LogP contribution in [0.4, 0.5) is 26.2 Å². The number of amides is 4. The van der Waals surface area contributed by atoms with Crippen LogP contribution in [-0.4, -0.2) is 46.9 Å². The predicted octanol–water partition coefficient (Wildman–Crippen LogP) is 3.64. The van der Waals surface area contributed by atoms with Gasteiger partial charge in [-0.15, -0.1) is 11.3 Å². The van der Waals surface area contributed by atoms with Crippen LogP contribution in [0.25, 0.3) is 10.2 Å². The SMILES string of the molecule is C=CC(=O)N1CC[C@@H](NC(=O)c2sc3nccc4c3c2NC(=O)N4c2ccccc2F)C1. The number of rotatable bonds is 4. The number of carbonyl (C=O) groups is 3. The third-order valence-electron chi connectivity index (χ3n) is 5.56. The van der Waals surface area contributed by atoms with E-state index in [-0.39, 0.29) is 23.5 Å². The number of thiophene rings is 1. The molecule has 0 spiro atoms. The summed E-state index contributed by atoms with van der Waals surface area (Å²) in [6, 6.07) is 6.85. The molecule has 2 aliphatic heterocycles. The maximum absolute atomic E-state index is 14.4. The highest BCUT2D eigenvalue weighted by atomic mass is 32.1. The second-order valence-corrected chi connectivity index (χ2v) is 8.48. The topological polar surface area (TPSA) is 94.6 Å². The number of halogens is 1. The Morgan fingerprint density at radius 1 is 1.28 bits per heavy atom. The molecular formula is C22H18FN5O3S. The first-order valence-corrected chi connectivity index (χ1v) is 10.8. The lowest BCUT2D eigenvalue weighted by Crippen LogP contribution is -2.39.